The van der Waals surface area contributed by atoms with Crippen molar-refractivity contribution in [2.45, 2.75) is 30.8 Å². The van der Waals surface area contributed by atoms with E-state index in [1.807, 2.05) is 12.1 Å². The second kappa shape index (κ2) is 11.4. The van der Waals surface area contributed by atoms with Crippen LogP contribution < -0.4 is 14.4 Å². The van der Waals surface area contributed by atoms with Crippen molar-refractivity contribution in [1.29, 1.82) is 0 Å². The minimum absolute atomic E-state index is 0.0866. The molecule has 1 heterocycles. The molecule has 0 spiro atoms. The van der Waals surface area contributed by atoms with E-state index in [2.05, 4.69) is 22.3 Å². The maximum absolute atomic E-state index is 13.4. The molecule has 35 heavy (non-hydrogen) atoms. The number of rotatable bonds is 10. The van der Waals surface area contributed by atoms with Crippen molar-refractivity contribution in [3.8, 4) is 5.75 Å². The molecule has 0 radical (unpaired) electrons. The monoisotopic (exact) mass is 493 g/mol. The lowest BCUT2D eigenvalue weighted by atomic mass is 10.1. The molecular formula is C27H31N3O4S. The summed E-state index contributed by atoms with van der Waals surface area (Å²) in [7, 11) is -2.44. The van der Waals surface area contributed by atoms with Crippen molar-refractivity contribution in [1.82, 2.24) is 10.2 Å². The highest BCUT2D eigenvalue weighted by atomic mass is 32.2. The zero-order chi connectivity index (χ0) is 24.7. The Morgan fingerprint density at radius 2 is 1.54 bits per heavy atom. The van der Waals surface area contributed by atoms with Gasteiger partial charge in [-0.3, -0.25) is 14.0 Å². The molecule has 0 atom stereocenters. The molecule has 4 rings (SSSR count). The number of benzene rings is 3. The molecule has 3 aromatic carbocycles. The number of hydrogen-bond acceptors (Lipinski definition) is 5. The largest absolute Gasteiger partial charge is 0.497 e. The summed E-state index contributed by atoms with van der Waals surface area (Å²) in [6.45, 7) is 3.24. The van der Waals surface area contributed by atoms with E-state index < -0.39 is 10.0 Å². The average molecular weight is 494 g/mol. The molecule has 8 heteroatoms. The lowest BCUT2D eigenvalue weighted by Crippen LogP contribution is -2.40. The van der Waals surface area contributed by atoms with Crippen molar-refractivity contribution in [2.24, 2.45) is 0 Å². The average Bonchev–Trinajstić information content (AvgIpc) is 3.40. The van der Waals surface area contributed by atoms with Crippen molar-refractivity contribution in [3.63, 3.8) is 0 Å². The molecule has 0 aliphatic carbocycles. The van der Waals surface area contributed by atoms with Crippen LogP contribution in [0.4, 0.5) is 5.69 Å². The maximum atomic E-state index is 13.4. The number of para-hydroxylation sites is 1. The number of nitrogens with zero attached hydrogens (tertiary/aromatic N) is 2. The SMILES string of the molecule is COc1ccc(S(=O)(=O)N(CC(=O)NCc2ccc(CN3CCCC3)cc2)c2ccccc2)cc1. The summed E-state index contributed by atoms with van der Waals surface area (Å²) in [5, 5.41) is 2.86. The van der Waals surface area contributed by atoms with E-state index in [1.54, 1.807) is 42.5 Å². The number of likely N-dealkylation sites (tertiary alicyclic amines) is 1. The third kappa shape index (κ3) is 6.41. The summed E-state index contributed by atoms with van der Waals surface area (Å²) >= 11 is 0. The summed E-state index contributed by atoms with van der Waals surface area (Å²) < 4.78 is 33.1. The van der Waals surface area contributed by atoms with E-state index in [0.29, 0.717) is 18.0 Å². The molecule has 1 aliphatic heterocycles. The number of nitrogens with one attached hydrogen (secondary N) is 1. The van der Waals surface area contributed by atoms with Crippen molar-refractivity contribution in [3.05, 3.63) is 90.0 Å². The number of hydrogen-bond donors (Lipinski definition) is 1. The van der Waals surface area contributed by atoms with E-state index in [9.17, 15) is 13.2 Å². The first-order valence-electron chi connectivity index (χ1n) is 11.7. The number of methoxy groups -OCH3 is 1. The number of sulfonamides is 1. The van der Waals surface area contributed by atoms with Crippen LogP contribution in [0.25, 0.3) is 0 Å². The predicted octanol–water partition coefficient (Wildman–Crippen LogP) is 3.80. The summed E-state index contributed by atoms with van der Waals surface area (Å²) in [4.78, 5) is 15.4. The van der Waals surface area contributed by atoms with Crippen LogP contribution >= 0.6 is 0 Å². The fourth-order valence-corrected chi connectivity index (χ4v) is 5.55. The molecule has 7 nitrogen and oxygen atoms in total. The van der Waals surface area contributed by atoms with Gasteiger partial charge in [0.15, 0.2) is 0 Å². The number of amides is 1. The van der Waals surface area contributed by atoms with Gasteiger partial charge in [0, 0.05) is 13.1 Å². The third-order valence-corrected chi connectivity index (χ3v) is 7.88. The van der Waals surface area contributed by atoms with Gasteiger partial charge in [-0.1, -0.05) is 42.5 Å². The van der Waals surface area contributed by atoms with Crippen LogP contribution in [0.3, 0.4) is 0 Å². The Morgan fingerprint density at radius 3 is 2.17 bits per heavy atom. The Hall–Kier alpha value is -3.36. The van der Waals surface area contributed by atoms with E-state index in [-0.39, 0.29) is 17.3 Å². The molecule has 1 amide bonds. The normalized spacial score (nSPS) is 14.0. The Bertz CT molecular complexity index is 1210. The first-order chi connectivity index (χ1) is 17.0. The summed E-state index contributed by atoms with van der Waals surface area (Å²) in [6.07, 6.45) is 2.52. The van der Waals surface area contributed by atoms with Crippen LogP contribution in [0.1, 0.15) is 24.0 Å². The minimum Gasteiger partial charge on any atom is -0.497 e. The van der Waals surface area contributed by atoms with E-state index in [1.165, 1.54) is 37.6 Å². The molecule has 1 aliphatic rings. The van der Waals surface area contributed by atoms with Gasteiger partial charge in [-0.25, -0.2) is 8.42 Å². The second-order valence-corrected chi connectivity index (χ2v) is 10.5. The molecule has 3 aromatic rings. The van der Waals surface area contributed by atoms with E-state index >= 15 is 0 Å². The first kappa shape index (κ1) is 24.8. The molecule has 1 saturated heterocycles. The lowest BCUT2D eigenvalue weighted by molar-refractivity contribution is -0.119. The molecule has 0 saturated carbocycles. The Balaban J connectivity index is 1.42. The maximum Gasteiger partial charge on any atom is 0.264 e. The van der Waals surface area contributed by atoms with Gasteiger partial charge in [0.05, 0.1) is 17.7 Å². The molecular weight excluding hydrogens is 462 g/mol. The van der Waals surface area contributed by atoms with E-state index in [0.717, 1.165) is 29.5 Å². The number of anilines is 1. The van der Waals surface area contributed by atoms with Crippen LogP contribution in [0, 0.1) is 0 Å². The summed E-state index contributed by atoms with van der Waals surface area (Å²) in [5.74, 6) is 0.173. The van der Waals surface area contributed by atoms with Crippen LogP contribution in [0.5, 0.6) is 5.75 Å². The topological polar surface area (TPSA) is 79.0 Å². The minimum atomic E-state index is -3.96. The van der Waals surface area contributed by atoms with Gasteiger partial charge < -0.3 is 10.1 Å². The van der Waals surface area contributed by atoms with Gasteiger partial charge in [0.1, 0.15) is 12.3 Å². The zero-order valence-electron chi connectivity index (χ0n) is 19.9. The highest BCUT2D eigenvalue weighted by molar-refractivity contribution is 7.92. The van der Waals surface area contributed by atoms with Crippen molar-refractivity contribution < 1.29 is 17.9 Å². The van der Waals surface area contributed by atoms with Crippen LogP contribution in [-0.4, -0.2) is 46.0 Å². The zero-order valence-corrected chi connectivity index (χ0v) is 20.7. The van der Waals surface area contributed by atoms with Crippen LogP contribution in [0.15, 0.2) is 83.8 Å². The number of carbonyl (C=O) groups is 1. The van der Waals surface area contributed by atoms with Crippen LogP contribution in [-0.2, 0) is 27.9 Å². The summed E-state index contributed by atoms with van der Waals surface area (Å²) in [5.41, 5.74) is 2.64. The van der Waals surface area contributed by atoms with Crippen molar-refractivity contribution >= 4 is 21.6 Å². The van der Waals surface area contributed by atoms with Crippen molar-refractivity contribution in [2.75, 3.05) is 31.0 Å². The van der Waals surface area contributed by atoms with Gasteiger partial charge >= 0.3 is 0 Å². The quantitative estimate of drug-likeness (QED) is 0.465. The Morgan fingerprint density at radius 1 is 0.914 bits per heavy atom. The molecule has 1 N–H and O–H groups in total. The smallest absolute Gasteiger partial charge is 0.264 e. The number of ether oxygens (including phenoxy) is 1. The highest BCUT2D eigenvalue weighted by Crippen LogP contribution is 2.25. The predicted molar refractivity (Wildman–Crippen MR) is 137 cm³/mol. The number of carbonyl (C=O) groups excluding carboxylic acids is 1. The van der Waals surface area contributed by atoms with Crippen LogP contribution in [0.2, 0.25) is 0 Å². The fraction of sp³-hybridized carbons (Fsp3) is 0.296. The molecule has 1 fully saturated rings. The Labute approximate surface area is 207 Å². The fourth-order valence-electron chi connectivity index (χ4n) is 4.13. The molecule has 0 unspecified atom stereocenters. The van der Waals surface area contributed by atoms with Gasteiger partial charge in [0.25, 0.3) is 10.0 Å². The Kier molecular flexibility index (Phi) is 8.05. The summed E-state index contributed by atoms with van der Waals surface area (Å²) in [6, 6.07) is 23.0. The van der Waals surface area contributed by atoms with Gasteiger partial charge in [-0.05, 0) is 73.5 Å². The highest BCUT2D eigenvalue weighted by Gasteiger charge is 2.27. The van der Waals surface area contributed by atoms with Gasteiger partial charge in [0.2, 0.25) is 5.91 Å². The van der Waals surface area contributed by atoms with Gasteiger partial charge in [-0.2, -0.15) is 0 Å². The standard InChI is InChI=1S/C27H31N3O4S/c1-34-25-13-15-26(16-14-25)35(32,33)30(24-7-3-2-4-8-24)21-27(31)28-19-22-9-11-23(12-10-22)20-29-17-5-6-18-29/h2-4,7-16H,5-6,17-21H2,1H3,(H,28,31). The molecule has 0 aromatic heterocycles. The lowest BCUT2D eigenvalue weighted by Gasteiger charge is -2.24. The van der Waals surface area contributed by atoms with E-state index in [4.69, 9.17) is 4.74 Å². The molecule has 184 valence electrons. The third-order valence-electron chi connectivity index (χ3n) is 6.10. The van der Waals surface area contributed by atoms with Gasteiger partial charge in [-0.15, -0.1) is 0 Å². The molecule has 0 bridgehead atoms. The second-order valence-electron chi connectivity index (χ2n) is 8.60. The first-order valence-corrected chi connectivity index (χ1v) is 13.2.